The number of methoxy groups -OCH3 is 2. The monoisotopic (exact) mass is 335 g/mol. The molecule has 2 aromatic rings. The van der Waals surface area contributed by atoms with Gasteiger partial charge in [0.15, 0.2) is 0 Å². The van der Waals surface area contributed by atoms with Crippen LogP contribution in [0.4, 0.5) is 0 Å². The van der Waals surface area contributed by atoms with Crippen molar-refractivity contribution in [2.45, 2.75) is 18.2 Å². The summed E-state index contributed by atoms with van der Waals surface area (Å²) in [4.78, 5) is 0.162. The fourth-order valence-electron chi connectivity index (χ4n) is 2.19. The zero-order chi connectivity index (χ0) is 16.9. The molecule has 0 saturated heterocycles. The minimum absolute atomic E-state index is 0.162. The van der Waals surface area contributed by atoms with Gasteiger partial charge < -0.3 is 9.47 Å². The van der Waals surface area contributed by atoms with Crippen molar-refractivity contribution in [1.82, 2.24) is 4.72 Å². The molecule has 0 fully saturated rings. The molecule has 0 spiro atoms. The first-order valence-electron chi connectivity index (χ1n) is 7.23. The Morgan fingerprint density at radius 1 is 1.00 bits per heavy atom. The van der Waals surface area contributed by atoms with Crippen LogP contribution in [0.15, 0.2) is 47.4 Å². The SMILES string of the molecule is COc1ccc(CCNS(=O)(=O)c2cc(C)ccc2OC)cc1. The molecule has 5 nitrogen and oxygen atoms in total. The average molecular weight is 335 g/mol. The van der Waals surface area contributed by atoms with Crippen LogP contribution in [0.25, 0.3) is 0 Å². The van der Waals surface area contributed by atoms with Gasteiger partial charge in [0, 0.05) is 6.54 Å². The van der Waals surface area contributed by atoms with Gasteiger partial charge in [0.1, 0.15) is 16.4 Å². The van der Waals surface area contributed by atoms with Gasteiger partial charge in [-0.05, 0) is 48.7 Å². The Labute approximate surface area is 137 Å². The van der Waals surface area contributed by atoms with E-state index in [0.29, 0.717) is 18.7 Å². The van der Waals surface area contributed by atoms with Crippen molar-refractivity contribution in [3.05, 3.63) is 53.6 Å². The summed E-state index contributed by atoms with van der Waals surface area (Å²) in [5.41, 5.74) is 1.89. The normalized spacial score (nSPS) is 11.3. The number of rotatable bonds is 7. The molecule has 6 heteroatoms. The van der Waals surface area contributed by atoms with Gasteiger partial charge in [-0.25, -0.2) is 13.1 Å². The molecule has 0 amide bonds. The van der Waals surface area contributed by atoms with E-state index >= 15 is 0 Å². The molecule has 124 valence electrons. The van der Waals surface area contributed by atoms with Gasteiger partial charge in [-0.1, -0.05) is 18.2 Å². The quantitative estimate of drug-likeness (QED) is 0.844. The molecule has 2 aromatic carbocycles. The Hall–Kier alpha value is -2.05. The van der Waals surface area contributed by atoms with Gasteiger partial charge >= 0.3 is 0 Å². The molecular weight excluding hydrogens is 314 g/mol. The van der Waals surface area contributed by atoms with Crippen molar-refractivity contribution in [2.24, 2.45) is 0 Å². The maximum Gasteiger partial charge on any atom is 0.244 e. The van der Waals surface area contributed by atoms with E-state index in [9.17, 15) is 8.42 Å². The highest BCUT2D eigenvalue weighted by Gasteiger charge is 2.19. The highest BCUT2D eigenvalue weighted by molar-refractivity contribution is 7.89. The summed E-state index contributed by atoms with van der Waals surface area (Å²) in [6.45, 7) is 2.15. The molecule has 0 bridgehead atoms. The van der Waals surface area contributed by atoms with Crippen LogP contribution in [-0.4, -0.2) is 29.2 Å². The van der Waals surface area contributed by atoms with E-state index in [-0.39, 0.29) is 4.90 Å². The van der Waals surface area contributed by atoms with Gasteiger partial charge in [0.2, 0.25) is 10.0 Å². The van der Waals surface area contributed by atoms with E-state index < -0.39 is 10.0 Å². The highest BCUT2D eigenvalue weighted by atomic mass is 32.2. The summed E-state index contributed by atoms with van der Waals surface area (Å²) in [6.07, 6.45) is 0.595. The van der Waals surface area contributed by atoms with Crippen LogP contribution in [0.5, 0.6) is 11.5 Å². The van der Waals surface area contributed by atoms with Crippen molar-refractivity contribution in [2.75, 3.05) is 20.8 Å². The fourth-order valence-corrected chi connectivity index (χ4v) is 3.48. The third-order valence-corrected chi connectivity index (χ3v) is 4.96. The summed E-state index contributed by atoms with van der Waals surface area (Å²) in [7, 11) is -0.539. The van der Waals surface area contributed by atoms with Gasteiger partial charge in [0.25, 0.3) is 0 Å². The minimum atomic E-state index is -3.61. The number of sulfonamides is 1. The molecule has 0 unspecified atom stereocenters. The topological polar surface area (TPSA) is 64.6 Å². The lowest BCUT2D eigenvalue weighted by Crippen LogP contribution is -2.26. The molecule has 0 saturated carbocycles. The van der Waals surface area contributed by atoms with Crippen molar-refractivity contribution in [3.63, 3.8) is 0 Å². The average Bonchev–Trinajstić information content (AvgIpc) is 2.55. The molecular formula is C17H21NO4S. The van der Waals surface area contributed by atoms with Gasteiger partial charge in [-0.3, -0.25) is 0 Å². The second kappa shape index (κ2) is 7.48. The molecule has 2 rings (SSSR count). The second-order valence-electron chi connectivity index (χ2n) is 5.15. The molecule has 0 aliphatic heterocycles. The number of hydrogen-bond donors (Lipinski definition) is 1. The number of nitrogens with one attached hydrogen (secondary N) is 1. The van der Waals surface area contributed by atoms with Crippen LogP contribution in [0, 0.1) is 6.92 Å². The van der Waals surface area contributed by atoms with Crippen LogP contribution < -0.4 is 14.2 Å². The smallest absolute Gasteiger partial charge is 0.244 e. The van der Waals surface area contributed by atoms with Crippen LogP contribution in [0.2, 0.25) is 0 Å². The third kappa shape index (κ3) is 4.46. The molecule has 0 aromatic heterocycles. The Kier molecular flexibility index (Phi) is 5.63. The number of ether oxygens (including phenoxy) is 2. The summed E-state index contributed by atoms with van der Waals surface area (Å²) in [5.74, 6) is 1.12. The molecule has 1 N–H and O–H groups in total. The van der Waals surface area contributed by atoms with Crippen LogP contribution in [-0.2, 0) is 16.4 Å². The van der Waals surface area contributed by atoms with Crippen molar-refractivity contribution >= 4 is 10.0 Å². The zero-order valence-corrected chi connectivity index (χ0v) is 14.3. The molecule has 23 heavy (non-hydrogen) atoms. The number of hydrogen-bond acceptors (Lipinski definition) is 4. The summed E-state index contributed by atoms with van der Waals surface area (Å²) < 4.78 is 37.7. The van der Waals surface area contributed by atoms with E-state index in [1.165, 1.54) is 7.11 Å². The Bertz CT molecular complexity index is 755. The maximum atomic E-state index is 12.4. The van der Waals surface area contributed by atoms with E-state index in [1.54, 1.807) is 19.2 Å². The standard InChI is InChI=1S/C17H21NO4S/c1-13-4-9-16(22-3)17(12-13)23(19,20)18-11-10-14-5-7-15(21-2)8-6-14/h4-9,12,18H,10-11H2,1-3H3. The second-order valence-corrected chi connectivity index (χ2v) is 6.89. The van der Waals surface area contributed by atoms with E-state index in [0.717, 1.165) is 16.9 Å². The predicted octanol–water partition coefficient (Wildman–Crippen LogP) is 2.53. The van der Waals surface area contributed by atoms with Gasteiger partial charge in [0.05, 0.1) is 14.2 Å². The number of benzene rings is 2. The summed E-state index contributed by atoms with van der Waals surface area (Å²) in [6, 6.07) is 12.6. The Morgan fingerprint density at radius 3 is 2.30 bits per heavy atom. The molecule has 0 aliphatic rings. The van der Waals surface area contributed by atoms with E-state index in [2.05, 4.69) is 4.72 Å². The van der Waals surface area contributed by atoms with Crippen molar-refractivity contribution < 1.29 is 17.9 Å². The van der Waals surface area contributed by atoms with Gasteiger partial charge in [-0.2, -0.15) is 0 Å². The first-order valence-corrected chi connectivity index (χ1v) is 8.72. The molecule has 0 radical (unpaired) electrons. The first-order chi connectivity index (χ1) is 11.0. The molecule has 0 atom stereocenters. The van der Waals surface area contributed by atoms with E-state index in [4.69, 9.17) is 9.47 Å². The first kappa shape index (κ1) is 17.3. The summed E-state index contributed by atoms with van der Waals surface area (Å²) >= 11 is 0. The zero-order valence-electron chi connectivity index (χ0n) is 13.5. The Balaban J connectivity index is 2.05. The van der Waals surface area contributed by atoms with E-state index in [1.807, 2.05) is 37.3 Å². The third-order valence-electron chi connectivity index (χ3n) is 3.47. The van der Waals surface area contributed by atoms with Crippen LogP contribution >= 0.6 is 0 Å². The maximum absolute atomic E-state index is 12.4. The fraction of sp³-hybridized carbons (Fsp3) is 0.294. The minimum Gasteiger partial charge on any atom is -0.497 e. The molecule has 0 aliphatic carbocycles. The van der Waals surface area contributed by atoms with Gasteiger partial charge in [-0.15, -0.1) is 0 Å². The highest BCUT2D eigenvalue weighted by Crippen LogP contribution is 2.24. The lowest BCUT2D eigenvalue weighted by Gasteiger charge is -2.11. The molecule has 0 heterocycles. The van der Waals surface area contributed by atoms with Crippen LogP contribution in [0.3, 0.4) is 0 Å². The largest absolute Gasteiger partial charge is 0.497 e. The lowest BCUT2D eigenvalue weighted by atomic mass is 10.1. The van der Waals surface area contributed by atoms with Crippen LogP contribution in [0.1, 0.15) is 11.1 Å². The Morgan fingerprint density at radius 2 is 1.70 bits per heavy atom. The summed E-state index contributed by atoms with van der Waals surface area (Å²) in [5, 5.41) is 0. The number of aryl methyl sites for hydroxylation is 1. The lowest BCUT2D eigenvalue weighted by molar-refractivity contribution is 0.402. The van der Waals surface area contributed by atoms with Crippen molar-refractivity contribution in [3.8, 4) is 11.5 Å². The predicted molar refractivity (Wildman–Crippen MR) is 89.6 cm³/mol. The van der Waals surface area contributed by atoms with Crippen molar-refractivity contribution in [1.29, 1.82) is 0 Å².